The Morgan fingerprint density at radius 3 is 2.88 bits per heavy atom. The number of carbonyl (C=O) groups excluding carboxylic acids is 1. The van der Waals surface area contributed by atoms with Gasteiger partial charge in [0.2, 0.25) is 0 Å². The van der Waals surface area contributed by atoms with Gasteiger partial charge in [-0.25, -0.2) is 0 Å². The molecule has 3 nitrogen and oxygen atoms in total. The van der Waals surface area contributed by atoms with Crippen LogP contribution in [0.15, 0.2) is 0 Å². The van der Waals surface area contributed by atoms with Crippen molar-refractivity contribution in [3.63, 3.8) is 0 Å². The van der Waals surface area contributed by atoms with Crippen LogP contribution in [-0.4, -0.2) is 31.2 Å². The van der Waals surface area contributed by atoms with Gasteiger partial charge in [-0.3, -0.25) is 0 Å². The van der Waals surface area contributed by atoms with E-state index in [4.69, 9.17) is 9.84 Å². The highest BCUT2D eigenvalue weighted by atomic mass is 16.5. The van der Waals surface area contributed by atoms with E-state index in [2.05, 4.69) is 0 Å². The minimum atomic E-state index is 0.124. The molecular formula is C5H10O3. The first kappa shape index (κ1) is 7.59. The summed E-state index contributed by atoms with van der Waals surface area (Å²) in [5.41, 5.74) is 0. The van der Waals surface area contributed by atoms with E-state index in [1.807, 2.05) is 0 Å². The van der Waals surface area contributed by atoms with Crippen LogP contribution in [0.4, 0.5) is 0 Å². The normalized spacial score (nSPS) is 9.12. The molecule has 1 N–H and O–H groups in total. The highest BCUT2D eigenvalue weighted by molar-refractivity contribution is 5.50. The zero-order valence-corrected chi connectivity index (χ0v) is 4.67. The Morgan fingerprint density at radius 2 is 2.38 bits per heavy atom. The fourth-order valence-electron chi connectivity index (χ4n) is 0.298. The lowest BCUT2D eigenvalue weighted by Gasteiger charge is -1.93. The van der Waals surface area contributed by atoms with Crippen molar-refractivity contribution in [2.45, 2.75) is 6.42 Å². The summed E-state index contributed by atoms with van der Waals surface area (Å²) in [6, 6.07) is 0. The van der Waals surface area contributed by atoms with Crippen LogP contribution in [0.2, 0.25) is 0 Å². The zero-order valence-electron chi connectivity index (χ0n) is 4.67. The number of aldehydes is 1. The van der Waals surface area contributed by atoms with Gasteiger partial charge in [0.05, 0.1) is 0 Å². The SMILES string of the molecule is O=CCOCCCO. The van der Waals surface area contributed by atoms with Crippen molar-refractivity contribution in [3.8, 4) is 0 Å². The van der Waals surface area contributed by atoms with Gasteiger partial charge in [0.1, 0.15) is 12.9 Å². The van der Waals surface area contributed by atoms with Gasteiger partial charge in [0.25, 0.3) is 0 Å². The number of rotatable bonds is 5. The molecule has 0 aromatic carbocycles. The first-order chi connectivity index (χ1) is 3.91. The first-order valence-electron chi connectivity index (χ1n) is 2.54. The van der Waals surface area contributed by atoms with Gasteiger partial charge >= 0.3 is 0 Å². The van der Waals surface area contributed by atoms with Gasteiger partial charge in [-0.2, -0.15) is 0 Å². The van der Waals surface area contributed by atoms with Crippen molar-refractivity contribution >= 4 is 6.29 Å². The minimum absolute atomic E-state index is 0.124. The summed E-state index contributed by atoms with van der Waals surface area (Å²) in [7, 11) is 0. The monoisotopic (exact) mass is 118 g/mol. The lowest BCUT2D eigenvalue weighted by molar-refractivity contribution is -0.111. The number of hydrogen-bond donors (Lipinski definition) is 1. The number of ether oxygens (including phenoxy) is 1. The van der Waals surface area contributed by atoms with Crippen molar-refractivity contribution in [1.29, 1.82) is 0 Å². The third-order valence-corrected chi connectivity index (χ3v) is 0.633. The Labute approximate surface area is 48.3 Å². The molecule has 0 atom stereocenters. The molecule has 0 aromatic rings. The van der Waals surface area contributed by atoms with E-state index >= 15 is 0 Å². The molecule has 0 saturated carbocycles. The van der Waals surface area contributed by atoms with Crippen LogP contribution in [0.5, 0.6) is 0 Å². The summed E-state index contributed by atoms with van der Waals surface area (Å²) in [5, 5.41) is 8.20. The second-order valence-corrected chi connectivity index (χ2v) is 1.32. The number of carbonyl (C=O) groups is 1. The van der Waals surface area contributed by atoms with E-state index < -0.39 is 0 Å². The number of aliphatic hydroxyl groups is 1. The molecule has 0 spiro atoms. The minimum Gasteiger partial charge on any atom is -0.396 e. The molecule has 48 valence electrons. The Bertz CT molecular complexity index is 53.6. The van der Waals surface area contributed by atoms with Crippen LogP contribution in [0.25, 0.3) is 0 Å². The summed E-state index contributed by atoms with van der Waals surface area (Å²) in [6.45, 7) is 0.730. The van der Waals surface area contributed by atoms with Crippen molar-refractivity contribution in [2.24, 2.45) is 0 Å². The van der Waals surface area contributed by atoms with E-state index in [0.29, 0.717) is 19.3 Å². The molecule has 0 bridgehead atoms. The molecule has 0 saturated heterocycles. The fraction of sp³-hybridized carbons (Fsp3) is 0.800. The van der Waals surface area contributed by atoms with Crippen molar-refractivity contribution in [1.82, 2.24) is 0 Å². The Morgan fingerprint density at radius 1 is 1.62 bits per heavy atom. The molecule has 0 aliphatic carbocycles. The standard InChI is InChI=1S/C5H10O3/c6-2-1-4-8-5-3-7/h3,6H,1-2,4-5H2. The molecule has 0 fully saturated rings. The number of hydrogen-bond acceptors (Lipinski definition) is 3. The predicted molar refractivity (Wildman–Crippen MR) is 28.6 cm³/mol. The van der Waals surface area contributed by atoms with Crippen LogP contribution in [-0.2, 0) is 9.53 Å². The fourth-order valence-corrected chi connectivity index (χ4v) is 0.298. The molecule has 0 rings (SSSR count). The lowest BCUT2D eigenvalue weighted by atomic mass is 10.5. The largest absolute Gasteiger partial charge is 0.396 e. The summed E-state index contributed by atoms with van der Waals surface area (Å²) < 4.78 is 4.70. The smallest absolute Gasteiger partial charge is 0.145 e. The summed E-state index contributed by atoms with van der Waals surface area (Å²) >= 11 is 0. The lowest BCUT2D eigenvalue weighted by Crippen LogP contribution is -1.98. The molecule has 8 heavy (non-hydrogen) atoms. The quantitative estimate of drug-likeness (QED) is 0.394. The summed E-state index contributed by atoms with van der Waals surface area (Å²) in [4.78, 5) is 9.58. The van der Waals surface area contributed by atoms with Gasteiger partial charge < -0.3 is 14.6 Å². The molecule has 0 unspecified atom stereocenters. The summed E-state index contributed by atoms with van der Waals surface area (Å²) in [5.74, 6) is 0. The van der Waals surface area contributed by atoms with Crippen LogP contribution < -0.4 is 0 Å². The van der Waals surface area contributed by atoms with Gasteiger partial charge in [-0.1, -0.05) is 0 Å². The van der Waals surface area contributed by atoms with Crippen LogP contribution in [0.3, 0.4) is 0 Å². The van der Waals surface area contributed by atoms with Crippen molar-refractivity contribution in [3.05, 3.63) is 0 Å². The van der Waals surface area contributed by atoms with Gasteiger partial charge in [0.15, 0.2) is 0 Å². The number of aliphatic hydroxyl groups excluding tert-OH is 1. The van der Waals surface area contributed by atoms with E-state index in [1.54, 1.807) is 0 Å². The second-order valence-electron chi connectivity index (χ2n) is 1.32. The van der Waals surface area contributed by atoms with E-state index in [-0.39, 0.29) is 13.2 Å². The maximum Gasteiger partial charge on any atom is 0.145 e. The maximum absolute atomic E-state index is 9.58. The Kier molecular flexibility index (Phi) is 6.25. The maximum atomic E-state index is 9.58. The zero-order chi connectivity index (χ0) is 6.24. The average Bonchev–Trinajstić information content (AvgIpc) is 1.81. The molecular weight excluding hydrogens is 108 g/mol. The van der Waals surface area contributed by atoms with Gasteiger partial charge in [-0.05, 0) is 6.42 Å². The predicted octanol–water partition coefficient (Wildman–Crippen LogP) is -0.416. The third kappa shape index (κ3) is 5.59. The van der Waals surface area contributed by atoms with Crippen LogP contribution >= 0.6 is 0 Å². The molecule has 0 aliphatic rings. The highest BCUT2D eigenvalue weighted by Gasteiger charge is 1.82. The molecule has 0 radical (unpaired) electrons. The Hall–Kier alpha value is -0.410. The van der Waals surface area contributed by atoms with Crippen molar-refractivity contribution in [2.75, 3.05) is 19.8 Å². The molecule has 0 amide bonds. The molecule has 3 heteroatoms. The van der Waals surface area contributed by atoms with E-state index in [9.17, 15) is 4.79 Å². The van der Waals surface area contributed by atoms with Crippen LogP contribution in [0, 0.1) is 0 Å². The average molecular weight is 118 g/mol. The second kappa shape index (κ2) is 6.59. The van der Waals surface area contributed by atoms with Crippen molar-refractivity contribution < 1.29 is 14.6 Å². The van der Waals surface area contributed by atoms with Crippen LogP contribution in [0.1, 0.15) is 6.42 Å². The van der Waals surface area contributed by atoms with Gasteiger partial charge in [0, 0.05) is 13.2 Å². The molecule has 0 aromatic heterocycles. The molecule has 0 aliphatic heterocycles. The highest BCUT2D eigenvalue weighted by Crippen LogP contribution is 1.76. The van der Waals surface area contributed by atoms with E-state index in [1.165, 1.54) is 0 Å². The Balaban J connectivity index is 2.62. The molecule has 0 heterocycles. The first-order valence-corrected chi connectivity index (χ1v) is 2.54. The summed E-state index contributed by atoms with van der Waals surface area (Å²) in [6.07, 6.45) is 1.30. The topological polar surface area (TPSA) is 46.5 Å². The third-order valence-electron chi connectivity index (χ3n) is 0.633. The van der Waals surface area contributed by atoms with Gasteiger partial charge in [-0.15, -0.1) is 0 Å². The van der Waals surface area contributed by atoms with E-state index in [0.717, 1.165) is 0 Å².